The standard InChI is InChI=1S/C23H21BrClN5O4/c1-32-19-8-5-9-20(33-2)21(19)34-14-29-11-10-18(27-29)23(31)26-22-16(24)13-30(28-22)12-15-6-3-4-7-17(15)25/h3-11,13H,12,14H2,1-2H3,(H,26,28,31). The van der Waals surface area contributed by atoms with Crippen molar-refractivity contribution < 1.29 is 19.0 Å². The number of nitrogens with one attached hydrogen (secondary N) is 1. The molecule has 1 amide bonds. The Morgan fingerprint density at radius 3 is 2.47 bits per heavy atom. The number of rotatable bonds is 9. The number of amides is 1. The van der Waals surface area contributed by atoms with Crippen molar-refractivity contribution in [1.82, 2.24) is 19.6 Å². The van der Waals surface area contributed by atoms with E-state index in [2.05, 4.69) is 31.4 Å². The highest BCUT2D eigenvalue weighted by atomic mass is 79.9. The number of methoxy groups -OCH3 is 2. The first kappa shape index (κ1) is 23.7. The van der Waals surface area contributed by atoms with Crippen LogP contribution in [0.2, 0.25) is 5.02 Å². The molecule has 0 spiro atoms. The van der Waals surface area contributed by atoms with Crippen LogP contribution in [0, 0.1) is 0 Å². The Balaban J connectivity index is 1.41. The van der Waals surface area contributed by atoms with E-state index in [4.69, 9.17) is 25.8 Å². The molecule has 1 N–H and O–H groups in total. The fourth-order valence-corrected chi connectivity index (χ4v) is 3.79. The van der Waals surface area contributed by atoms with Crippen LogP contribution in [0.5, 0.6) is 17.2 Å². The smallest absolute Gasteiger partial charge is 0.277 e. The van der Waals surface area contributed by atoms with Gasteiger partial charge in [0.05, 0.1) is 25.2 Å². The maximum absolute atomic E-state index is 12.7. The lowest BCUT2D eigenvalue weighted by Gasteiger charge is -2.13. The molecule has 4 rings (SSSR count). The van der Waals surface area contributed by atoms with E-state index >= 15 is 0 Å². The Morgan fingerprint density at radius 1 is 1.03 bits per heavy atom. The van der Waals surface area contributed by atoms with Crippen molar-refractivity contribution in [3.63, 3.8) is 0 Å². The van der Waals surface area contributed by atoms with Crippen molar-refractivity contribution in [2.75, 3.05) is 19.5 Å². The van der Waals surface area contributed by atoms with Gasteiger partial charge in [-0.15, -0.1) is 0 Å². The number of benzene rings is 2. The van der Waals surface area contributed by atoms with Crippen molar-refractivity contribution in [2.24, 2.45) is 0 Å². The van der Waals surface area contributed by atoms with Gasteiger partial charge in [0.2, 0.25) is 5.75 Å². The third-order valence-electron chi connectivity index (χ3n) is 4.84. The van der Waals surface area contributed by atoms with Crippen molar-refractivity contribution >= 4 is 39.3 Å². The van der Waals surface area contributed by atoms with Crippen LogP contribution in [0.3, 0.4) is 0 Å². The van der Waals surface area contributed by atoms with Crippen LogP contribution in [-0.2, 0) is 13.3 Å². The van der Waals surface area contributed by atoms with Gasteiger partial charge in [0.25, 0.3) is 5.91 Å². The molecule has 0 aliphatic carbocycles. The second-order valence-electron chi connectivity index (χ2n) is 7.07. The van der Waals surface area contributed by atoms with Crippen LogP contribution < -0.4 is 19.5 Å². The van der Waals surface area contributed by atoms with Crippen molar-refractivity contribution in [3.05, 3.63) is 81.7 Å². The molecule has 0 atom stereocenters. The van der Waals surface area contributed by atoms with Crippen molar-refractivity contribution in [3.8, 4) is 17.2 Å². The number of anilines is 1. The molecule has 176 valence electrons. The minimum absolute atomic E-state index is 0.0557. The summed E-state index contributed by atoms with van der Waals surface area (Å²) in [6, 6.07) is 14.4. The molecule has 0 fully saturated rings. The quantitative estimate of drug-likeness (QED) is 0.323. The summed E-state index contributed by atoms with van der Waals surface area (Å²) in [7, 11) is 3.10. The minimum atomic E-state index is -0.405. The normalized spacial score (nSPS) is 10.7. The van der Waals surface area contributed by atoms with E-state index in [1.165, 1.54) is 4.68 Å². The third-order valence-corrected chi connectivity index (χ3v) is 5.79. The van der Waals surface area contributed by atoms with Crippen LogP contribution >= 0.6 is 27.5 Å². The monoisotopic (exact) mass is 545 g/mol. The molecule has 34 heavy (non-hydrogen) atoms. The van der Waals surface area contributed by atoms with Gasteiger partial charge < -0.3 is 19.5 Å². The summed E-state index contributed by atoms with van der Waals surface area (Å²) < 4.78 is 20.3. The van der Waals surface area contributed by atoms with E-state index in [1.807, 2.05) is 24.3 Å². The lowest BCUT2D eigenvalue weighted by Crippen LogP contribution is -2.15. The van der Waals surface area contributed by atoms with Gasteiger partial charge in [0.1, 0.15) is 0 Å². The molecule has 0 aliphatic rings. The van der Waals surface area contributed by atoms with Gasteiger partial charge in [-0.1, -0.05) is 35.9 Å². The number of hydrogen-bond donors (Lipinski definition) is 1. The van der Waals surface area contributed by atoms with E-state index in [0.717, 1.165) is 5.56 Å². The van der Waals surface area contributed by atoms with Crippen LogP contribution in [-0.4, -0.2) is 39.7 Å². The molecular weight excluding hydrogens is 526 g/mol. The van der Waals surface area contributed by atoms with Crippen molar-refractivity contribution in [2.45, 2.75) is 13.3 Å². The highest BCUT2D eigenvalue weighted by Gasteiger charge is 2.16. The van der Waals surface area contributed by atoms with Crippen LogP contribution in [0.15, 0.2) is 65.4 Å². The maximum Gasteiger partial charge on any atom is 0.277 e. The number of nitrogens with zero attached hydrogens (tertiary/aromatic N) is 4. The van der Waals surface area contributed by atoms with Gasteiger partial charge in [-0.05, 0) is 45.8 Å². The summed E-state index contributed by atoms with van der Waals surface area (Å²) in [5, 5.41) is 12.1. The summed E-state index contributed by atoms with van der Waals surface area (Å²) in [6.07, 6.45) is 3.41. The molecule has 2 aromatic heterocycles. The van der Waals surface area contributed by atoms with Gasteiger partial charge in [-0.2, -0.15) is 10.2 Å². The summed E-state index contributed by atoms with van der Waals surface area (Å²) in [4.78, 5) is 12.7. The number of para-hydroxylation sites is 1. The summed E-state index contributed by atoms with van der Waals surface area (Å²) in [6.45, 7) is 0.521. The first-order valence-corrected chi connectivity index (χ1v) is 11.3. The Kier molecular flexibility index (Phi) is 7.39. The van der Waals surface area contributed by atoms with E-state index < -0.39 is 5.91 Å². The number of ether oxygens (including phenoxy) is 3. The number of carbonyl (C=O) groups is 1. The molecule has 0 saturated carbocycles. The highest BCUT2D eigenvalue weighted by molar-refractivity contribution is 9.10. The number of aromatic nitrogens is 4. The Morgan fingerprint density at radius 2 is 1.76 bits per heavy atom. The van der Waals surface area contributed by atoms with Gasteiger partial charge in [-0.25, -0.2) is 4.68 Å². The average Bonchev–Trinajstić information content (AvgIpc) is 3.45. The second kappa shape index (κ2) is 10.6. The largest absolute Gasteiger partial charge is 0.493 e. The van der Waals surface area contributed by atoms with E-state index in [1.54, 1.807) is 55.6 Å². The zero-order valence-corrected chi connectivity index (χ0v) is 20.7. The lowest BCUT2D eigenvalue weighted by molar-refractivity contribution is 0.101. The van der Waals surface area contributed by atoms with Gasteiger partial charge in [0, 0.05) is 17.4 Å². The van der Waals surface area contributed by atoms with Crippen LogP contribution in [0.25, 0.3) is 0 Å². The van der Waals surface area contributed by atoms with Crippen LogP contribution in [0.4, 0.5) is 5.82 Å². The summed E-state index contributed by atoms with van der Waals surface area (Å²) >= 11 is 9.66. The molecule has 0 aliphatic heterocycles. The number of carbonyl (C=O) groups excluding carboxylic acids is 1. The maximum atomic E-state index is 12.7. The summed E-state index contributed by atoms with van der Waals surface area (Å²) in [5.41, 5.74) is 1.13. The molecule has 4 aromatic rings. The molecule has 0 radical (unpaired) electrons. The van der Waals surface area contributed by atoms with Crippen LogP contribution in [0.1, 0.15) is 16.1 Å². The first-order chi connectivity index (χ1) is 16.5. The first-order valence-electron chi connectivity index (χ1n) is 10.1. The Bertz CT molecular complexity index is 1280. The van der Waals surface area contributed by atoms with E-state index in [-0.39, 0.29) is 12.4 Å². The van der Waals surface area contributed by atoms with Gasteiger partial charge in [0.15, 0.2) is 29.7 Å². The minimum Gasteiger partial charge on any atom is -0.493 e. The molecule has 2 heterocycles. The topological polar surface area (TPSA) is 92.4 Å². The molecule has 0 saturated heterocycles. The predicted molar refractivity (Wildman–Crippen MR) is 131 cm³/mol. The van der Waals surface area contributed by atoms with E-state index in [0.29, 0.717) is 39.1 Å². The summed E-state index contributed by atoms with van der Waals surface area (Å²) in [5.74, 6) is 1.48. The highest BCUT2D eigenvalue weighted by Crippen LogP contribution is 2.36. The average molecular weight is 547 g/mol. The molecule has 0 bridgehead atoms. The lowest BCUT2D eigenvalue weighted by atomic mass is 10.2. The third kappa shape index (κ3) is 5.35. The Labute approximate surface area is 209 Å². The molecule has 0 unspecified atom stereocenters. The second-order valence-corrected chi connectivity index (χ2v) is 8.34. The molecule has 11 heteroatoms. The van der Waals surface area contributed by atoms with Crippen molar-refractivity contribution in [1.29, 1.82) is 0 Å². The SMILES string of the molecule is COc1cccc(OC)c1OCn1ccc(C(=O)Nc2nn(Cc3ccccc3Cl)cc2Br)n1. The molecule has 2 aromatic carbocycles. The zero-order valence-electron chi connectivity index (χ0n) is 18.4. The number of halogens is 2. The van der Waals surface area contributed by atoms with Gasteiger partial charge in [-0.3, -0.25) is 9.48 Å². The fourth-order valence-electron chi connectivity index (χ4n) is 3.18. The number of hydrogen-bond acceptors (Lipinski definition) is 6. The zero-order chi connectivity index (χ0) is 24.1. The molecule has 9 nitrogen and oxygen atoms in total. The van der Waals surface area contributed by atoms with E-state index in [9.17, 15) is 4.79 Å². The van der Waals surface area contributed by atoms with Gasteiger partial charge >= 0.3 is 0 Å². The Hall–Kier alpha value is -3.50. The molecular formula is C23H21BrClN5O4. The predicted octanol–water partition coefficient (Wildman–Crippen LogP) is 4.85. The fraction of sp³-hybridized carbons (Fsp3) is 0.174.